The highest BCUT2D eigenvalue weighted by Gasteiger charge is 2.29. The van der Waals surface area contributed by atoms with Gasteiger partial charge in [-0.3, -0.25) is 9.52 Å². The summed E-state index contributed by atoms with van der Waals surface area (Å²) in [7, 11) is -8.37. The van der Waals surface area contributed by atoms with Crippen molar-refractivity contribution < 1.29 is 26.0 Å². The summed E-state index contributed by atoms with van der Waals surface area (Å²) in [5.74, 6) is -1.24. The summed E-state index contributed by atoms with van der Waals surface area (Å²) in [5.41, 5.74) is -0.157. The summed E-state index contributed by atoms with van der Waals surface area (Å²) in [6.45, 7) is 0. The van der Waals surface area contributed by atoms with Gasteiger partial charge in [-0.2, -0.15) is 12.8 Å². The Hall–Kier alpha value is -3.63. The number of ketones is 1. The molecule has 0 aromatic heterocycles. The second kappa shape index (κ2) is 8.13. The number of carbonyl (C=O) groups is 1. The summed E-state index contributed by atoms with van der Waals surface area (Å²) < 4.78 is 70.1. The van der Waals surface area contributed by atoms with Crippen molar-refractivity contribution >= 4 is 31.5 Å². The molecule has 0 radical (unpaired) electrons. The molecule has 1 aliphatic carbocycles. The van der Waals surface area contributed by atoms with Gasteiger partial charge < -0.3 is 0 Å². The van der Waals surface area contributed by atoms with Gasteiger partial charge in [0.05, 0.1) is 21.2 Å². The number of sulfonamides is 2. The fourth-order valence-corrected chi connectivity index (χ4v) is 5.14. The van der Waals surface area contributed by atoms with Crippen LogP contribution in [-0.2, 0) is 20.0 Å². The summed E-state index contributed by atoms with van der Waals surface area (Å²) in [6, 6.07) is 17.6. The van der Waals surface area contributed by atoms with E-state index in [2.05, 4.69) is 9.12 Å². The van der Waals surface area contributed by atoms with Crippen molar-refractivity contribution in [3.05, 3.63) is 108 Å². The molecule has 0 aliphatic heterocycles. The first kappa shape index (κ1) is 21.6. The van der Waals surface area contributed by atoms with Crippen LogP contribution >= 0.6 is 0 Å². The van der Waals surface area contributed by atoms with Crippen LogP contribution < -0.4 is 4.72 Å². The first-order valence-electron chi connectivity index (χ1n) is 9.22. The van der Waals surface area contributed by atoms with Gasteiger partial charge in [0.15, 0.2) is 0 Å². The largest absolute Gasteiger partial charge is 0.287 e. The molecule has 0 spiro atoms. The predicted molar refractivity (Wildman–Crippen MR) is 116 cm³/mol. The number of rotatable bonds is 5. The zero-order valence-electron chi connectivity index (χ0n) is 16.3. The van der Waals surface area contributed by atoms with Crippen molar-refractivity contribution in [2.75, 3.05) is 0 Å². The minimum absolute atomic E-state index is 0.0648. The van der Waals surface area contributed by atoms with Gasteiger partial charge in [0.1, 0.15) is 5.82 Å². The number of allylic oxidation sites excluding steroid dienone is 2. The average Bonchev–Trinajstić information content (AvgIpc) is 2.77. The van der Waals surface area contributed by atoms with Crippen LogP contribution in [0, 0.1) is 5.82 Å². The zero-order valence-corrected chi connectivity index (χ0v) is 17.9. The van der Waals surface area contributed by atoms with Gasteiger partial charge >= 0.3 is 0 Å². The Morgan fingerprint density at radius 2 is 1.31 bits per heavy atom. The van der Waals surface area contributed by atoms with Crippen molar-refractivity contribution in [3.63, 3.8) is 0 Å². The Kier molecular flexibility index (Phi) is 5.49. The van der Waals surface area contributed by atoms with Crippen LogP contribution in [0.15, 0.2) is 105 Å². The quantitative estimate of drug-likeness (QED) is 0.616. The van der Waals surface area contributed by atoms with Gasteiger partial charge in [0.2, 0.25) is 5.78 Å². The number of halogens is 1. The summed E-state index contributed by atoms with van der Waals surface area (Å²) in [5, 5.41) is 0. The summed E-state index contributed by atoms with van der Waals surface area (Å²) in [4.78, 5) is 12.6. The van der Waals surface area contributed by atoms with E-state index < -0.39 is 31.6 Å². The van der Waals surface area contributed by atoms with Crippen LogP contribution in [0.5, 0.6) is 0 Å². The van der Waals surface area contributed by atoms with Crippen LogP contribution in [0.3, 0.4) is 0 Å². The van der Waals surface area contributed by atoms with Gasteiger partial charge in [0, 0.05) is 11.1 Å². The fourth-order valence-electron chi connectivity index (χ4n) is 3.07. The minimum Gasteiger partial charge on any atom is -0.287 e. The minimum atomic E-state index is -4.27. The molecule has 1 N–H and O–H groups in total. The highest BCUT2D eigenvalue weighted by atomic mass is 32.2. The molecule has 1 aliphatic rings. The van der Waals surface area contributed by atoms with E-state index in [0.29, 0.717) is 0 Å². The number of nitrogens with zero attached hydrogens (tertiary/aromatic N) is 1. The molecule has 0 heterocycles. The molecule has 0 fully saturated rings. The molecule has 0 saturated carbocycles. The molecule has 0 unspecified atom stereocenters. The van der Waals surface area contributed by atoms with E-state index in [0.717, 1.165) is 30.3 Å². The first-order valence-corrected chi connectivity index (χ1v) is 12.1. The lowest BCUT2D eigenvalue weighted by molar-refractivity contribution is 0.102. The van der Waals surface area contributed by atoms with Crippen molar-refractivity contribution in [1.29, 1.82) is 0 Å². The van der Waals surface area contributed by atoms with E-state index in [4.69, 9.17) is 0 Å². The van der Waals surface area contributed by atoms with Gasteiger partial charge in [-0.15, -0.1) is 0 Å². The monoisotopic (exact) mass is 470 g/mol. The second-order valence-corrected chi connectivity index (χ2v) is 10.0. The Bertz CT molecular complexity index is 1480. The second-order valence-electron chi connectivity index (χ2n) is 6.76. The average molecular weight is 471 g/mol. The molecule has 0 bridgehead atoms. The van der Waals surface area contributed by atoms with E-state index in [-0.39, 0.29) is 32.3 Å². The molecule has 0 saturated heterocycles. The number of carbonyl (C=O) groups excluding carboxylic acids is 1. The SMILES string of the molecule is O=C1C(NS(=O)(=O)c2ccccc2)=C/C(=N/S(=O)(=O)c2ccc(F)cc2)c2ccccc21. The molecule has 0 atom stereocenters. The molecular formula is C22H15FN2O5S2. The number of Topliss-reactive ketones (excluding diaryl/α,β-unsaturated/α-hetero) is 1. The maximum Gasteiger partial charge on any atom is 0.282 e. The molecule has 32 heavy (non-hydrogen) atoms. The van der Waals surface area contributed by atoms with Crippen molar-refractivity contribution in [2.45, 2.75) is 9.79 Å². The molecule has 7 nitrogen and oxygen atoms in total. The lowest BCUT2D eigenvalue weighted by Crippen LogP contribution is -2.31. The van der Waals surface area contributed by atoms with E-state index in [1.54, 1.807) is 18.2 Å². The van der Waals surface area contributed by atoms with Crippen molar-refractivity contribution in [1.82, 2.24) is 4.72 Å². The molecule has 10 heteroatoms. The lowest BCUT2D eigenvalue weighted by atomic mass is 9.93. The summed E-state index contributed by atoms with van der Waals surface area (Å²) >= 11 is 0. The van der Waals surface area contributed by atoms with Gasteiger partial charge in [-0.1, -0.05) is 42.5 Å². The van der Waals surface area contributed by atoms with Crippen molar-refractivity contribution in [2.24, 2.45) is 4.40 Å². The molecular weight excluding hydrogens is 455 g/mol. The Labute approximate surface area is 184 Å². The normalized spacial score (nSPS) is 15.2. The Morgan fingerprint density at radius 3 is 1.97 bits per heavy atom. The van der Waals surface area contributed by atoms with E-state index in [1.165, 1.54) is 36.4 Å². The molecule has 162 valence electrons. The number of nitrogens with one attached hydrogen (secondary N) is 1. The molecule has 3 aromatic rings. The zero-order chi connectivity index (χ0) is 22.9. The van der Waals surface area contributed by atoms with E-state index in [1.807, 2.05) is 0 Å². The van der Waals surface area contributed by atoms with E-state index >= 15 is 0 Å². The van der Waals surface area contributed by atoms with Crippen molar-refractivity contribution in [3.8, 4) is 0 Å². The van der Waals surface area contributed by atoms with Gasteiger partial charge in [0.25, 0.3) is 20.0 Å². The first-order chi connectivity index (χ1) is 15.2. The number of benzene rings is 3. The van der Waals surface area contributed by atoms with Gasteiger partial charge in [-0.25, -0.2) is 12.8 Å². The van der Waals surface area contributed by atoms with Crippen LogP contribution in [0.2, 0.25) is 0 Å². The Balaban J connectivity index is 1.82. The maximum atomic E-state index is 13.2. The standard InChI is InChI=1S/C22H15FN2O5S2/c23-15-10-12-17(13-11-15)32(29,30)24-20-14-21(22(26)19-9-5-4-8-18(19)20)25-31(27,28)16-6-2-1-3-7-16/h1-14,25H/b24-20-. The van der Waals surface area contributed by atoms with Crippen LogP contribution in [0.4, 0.5) is 4.39 Å². The highest BCUT2D eigenvalue weighted by Crippen LogP contribution is 2.24. The maximum absolute atomic E-state index is 13.2. The third kappa shape index (κ3) is 4.23. The molecule has 3 aromatic carbocycles. The predicted octanol–water partition coefficient (Wildman–Crippen LogP) is 3.06. The smallest absolute Gasteiger partial charge is 0.282 e. The topological polar surface area (TPSA) is 110 Å². The number of hydrogen-bond donors (Lipinski definition) is 1. The van der Waals surface area contributed by atoms with Crippen LogP contribution in [0.25, 0.3) is 0 Å². The third-order valence-corrected chi connectivity index (χ3v) is 7.29. The fraction of sp³-hybridized carbons (Fsp3) is 0. The summed E-state index contributed by atoms with van der Waals surface area (Å²) in [6.07, 6.45) is 1.08. The lowest BCUT2D eigenvalue weighted by Gasteiger charge is -2.18. The number of fused-ring (bicyclic) bond motifs is 1. The Morgan fingerprint density at radius 1 is 0.719 bits per heavy atom. The van der Waals surface area contributed by atoms with Crippen LogP contribution in [0.1, 0.15) is 15.9 Å². The molecule has 0 amide bonds. The third-order valence-electron chi connectivity index (χ3n) is 4.60. The molecule has 4 rings (SSSR count). The van der Waals surface area contributed by atoms with E-state index in [9.17, 15) is 26.0 Å². The highest BCUT2D eigenvalue weighted by molar-refractivity contribution is 7.90. The number of hydrogen-bond acceptors (Lipinski definition) is 5. The van der Waals surface area contributed by atoms with Gasteiger partial charge in [-0.05, 0) is 42.5 Å². The van der Waals surface area contributed by atoms with Crippen LogP contribution in [-0.4, -0.2) is 28.3 Å².